The second-order valence-corrected chi connectivity index (χ2v) is 6.82. The monoisotopic (exact) mass is 324 g/mol. The molecule has 0 aliphatic heterocycles. The van der Waals surface area contributed by atoms with Crippen LogP contribution in [0.5, 0.6) is 0 Å². The zero-order valence-corrected chi connectivity index (χ0v) is 14.7. The van der Waals surface area contributed by atoms with E-state index >= 15 is 0 Å². The molecule has 3 nitrogen and oxygen atoms in total. The predicted molar refractivity (Wildman–Crippen MR) is 97.7 cm³/mol. The average Bonchev–Trinajstić information content (AvgIpc) is 3.35. The van der Waals surface area contributed by atoms with E-state index in [1.807, 2.05) is 6.07 Å². The van der Waals surface area contributed by atoms with Crippen molar-refractivity contribution in [3.63, 3.8) is 0 Å². The maximum absolute atomic E-state index is 12.6. The van der Waals surface area contributed by atoms with Crippen molar-refractivity contribution >= 4 is 5.91 Å². The first-order chi connectivity index (χ1) is 11.8. The summed E-state index contributed by atoms with van der Waals surface area (Å²) in [6, 6.07) is 15.2. The molecule has 1 aromatic carbocycles. The average molecular weight is 324 g/mol. The van der Waals surface area contributed by atoms with Gasteiger partial charge < -0.3 is 9.47 Å². The maximum atomic E-state index is 12.6. The van der Waals surface area contributed by atoms with Crippen LogP contribution in [0.4, 0.5) is 0 Å². The molecule has 3 rings (SSSR count). The highest BCUT2D eigenvalue weighted by atomic mass is 16.2. The van der Waals surface area contributed by atoms with Crippen LogP contribution in [0.15, 0.2) is 48.7 Å². The lowest BCUT2D eigenvalue weighted by atomic mass is 10.2. The number of nitrogens with zero attached hydrogens (tertiary/aromatic N) is 2. The van der Waals surface area contributed by atoms with Gasteiger partial charge in [0.05, 0.1) is 6.54 Å². The van der Waals surface area contributed by atoms with E-state index in [1.54, 1.807) is 0 Å². The molecule has 24 heavy (non-hydrogen) atoms. The van der Waals surface area contributed by atoms with Crippen LogP contribution in [-0.4, -0.2) is 21.4 Å². The van der Waals surface area contributed by atoms with Crippen LogP contribution in [0, 0.1) is 0 Å². The van der Waals surface area contributed by atoms with Gasteiger partial charge in [-0.2, -0.15) is 0 Å². The summed E-state index contributed by atoms with van der Waals surface area (Å²) in [5, 5.41) is 0. The molecule has 1 heterocycles. The van der Waals surface area contributed by atoms with E-state index < -0.39 is 0 Å². The molecule has 1 aromatic heterocycles. The van der Waals surface area contributed by atoms with Crippen molar-refractivity contribution in [2.75, 3.05) is 0 Å². The Morgan fingerprint density at radius 3 is 2.62 bits per heavy atom. The van der Waals surface area contributed by atoms with Gasteiger partial charge in [-0.15, -0.1) is 0 Å². The largest absolute Gasteiger partial charge is 0.345 e. The zero-order valence-electron chi connectivity index (χ0n) is 14.7. The van der Waals surface area contributed by atoms with Crippen molar-refractivity contribution in [2.24, 2.45) is 0 Å². The van der Waals surface area contributed by atoms with E-state index in [0.717, 1.165) is 32.4 Å². The Morgan fingerprint density at radius 1 is 1.12 bits per heavy atom. The smallest absolute Gasteiger partial charge is 0.223 e. The van der Waals surface area contributed by atoms with Crippen LogP contribution in [0.2, 0.25) is 0 Å². The summed E-state index contributed by atoms with van der Waals surface area (Å²) in [6.45, 7) is 3.79. The number of benzene rings is 1. The highest BCUT2D eigenvalue weighted by Crippen LogP contribution is 2.29. The molecule has 0 unspecified atom stereocenters. The fourth-order valence-corrected chi connectivity index (χ4v) is 3.18. The molecule has 2 aromatic rings. The van der Waals surface area contributed by atoms with Gasteiger partial charge in [-0.25, -0.2) is 0 Å². The number of rotatable bonds is 9. The predicted octanol–water partition coefficient (Wildman–Crippen LogP) is 4.61. The third-order valence-corrected chi connectivity index (χ3v) is 4.75. The Balaban J connectivity index is 1.65. The minimum Gasteiger partial charge on any atom is -0.345 e. The lowest BCUT2D eigenvalue weighted by molar-refractivity contribution is -0.132. The van der Waals surface area contributed by atoms with Gasteiger partial charge >= 0.3 is 0 Å². The Kier molecular flexibility index (Phi) is 5.73. The van der Waals surface area contributed by atoms with Crippen LogP contribution in [0.25, 0.3) is 0 Å². The van der Waals surface area contributed by atoms with Gasteiger partial charge in [0.2, 0.25) is 5.91 Å². The number of hydrogen-bond donors (Lipinski definition) is 0. The number of amides is 1. The van der Waals surface area contributed by atoms with Crippen LogP contribution in [0.1, 0.15) is 56.7 Å². The second kappa shape index (κ2) is 8.18. The highest BCUT2D eigenvalue weighted by Gasteiger charge is 2.32. The normalized spacial score (nSPS) is 13.9. The van der Waals surface area contributed by atoms with Gasteiger partial charge in [0, 0.05) is 30.9 Å². The Bertz CT molecular complexity index is 643. The third-order valence-electron chi connectivity index (χ3n) is 4.75. The highest BCUT2D eigenvalue weighted by molar-refractivity contribution is 5.76. The molecule has 1 amide bonds. The quantitative estimate of drug-likeness (QED) is 0.618. The fourth-order valence-electron chi connectivity index (χ4n) is 3.18. The lowest BCUT2D eigenvalue weighted by Gasteiger charge is -2.23. The molecule has 1 aliphatic carbocycles. The minimum atomic E-state index is 0.332. The molecule has 128 valence electrons. The van der Waals surface area contributed by atoms with Crippen LogP contribution >= 0.6 is 0 Å². The lowest BCUT2D eigenvalue weighted by Crippen LogP contribution is -2.33. The standard InChI is InChI=1S/C21H28N2O/c1-2-3-5-12-21(24)23(19-13-14-19)17-20-11-8-15-22(20)16-18-9-6-4-7-10-18/h4,6-11,15,19H,2-3,5,12-14,16-17H2,1H3. The molecule has 0 radical (unpaired) electrons. The second-order valence-electron chi connectivity index (χ2n) is 6.82. The molecule has 1 saturated carbocycles. The van der Waals surface area contributed by atoms with Gasteiger partial charge in [0.15, 0.2) is 0 Å². The van der Waals surface area contributed by atoms with Crippen LogP contribution in [0.3, 0.4) is 0 Å². The summed E-state index contributed by atoms with van der Waals surface area (Å²) >= 11 is 0. The molecule has 1 aliphatic rings. The van der Waals surface area contributed by atoms with E-state index in [1.165, 1.54) is 24.1 Å². The van der Waals surface area contributed by atoms with Crippen LogP contribution < -0.4 is 0 Å². The summed E-state index contributed by atoms with van der Waals surface area (Å²) in [4.78, 5) is 14.7. The van der Waals surface area contributed by atoms with E-state index in [2.05, 4.69) is 59.0 Å². The third kappa shape index (κ3) is 4.50. The molecule has 0 atom stereocenters. The summed E-state index contributed by atoms with van der Waals surface area (Å²) in [7, 11) is 0. The summed E-state index contributed by atoms with van der Waals surface area (Å²) in [6.07, 6.45) is 8.48. The van der Waals surface area contributed by atoms with E-state index in [4.69, 9.17) is 0 Å². The molecule has 0 N–H and O–H groups in total. The number of aromatic nitrogens is 1. The number of hydrogen-bond acceptors (Lipinski definition) is 1. The SMILES string of the molecule is CCCCCC(=O)N(Cc1cccn1Cc1ccccc1)C1CC1. The van der Waals surface area contributed by atoms with Crippen molar-refractivity contribution in [3.05, 3.63) is 59.9 Å². The zero-order chi connectivity index (χ0) is 16.8. The molecule has 0 bridgehead atoms. The summed E-state index contributed by atoms with van der Waals surface area (Å²) < 4.78 is 2.27. The van der Waals surface area contributed by atoms with E-state index in [9.17, 15) is 4.79 Å². The summed E-state index contributed by atoms with van der Waals surface area (Å²) in [5.41, 5.74) is 2.52. The van der Waals surface area contributed by atoms with Crippen LogP contribution in [-0.2, 0) is 17.9 Å². The molecule has 1 fully saturated rings. The molecular formula is C21H28N2O. The maximum Gasteiger partial charge on any atom is 0.223 e. The molecule has 3 heteroatoms. The van der Waals surface area contributed by atoms with Gasteiger partial charge in [-0.1, -0.05) is 50.1 Å². The molecular weight excluding hydrogens is 296 g/mol. The van der Waals surface area contributed by atoms with Gasteiger partial charge in [-0.05, 0) is 37.0 Å². The number of unbranched alkanes of at least 4 members (excludes halogenated alkanes) is 2. The number of carbonyl (C=O) groups is 1. The Hall–Kier alpha value is -2.03. The van der Waals surface area contributed by atoms with Crippen molar-refractivity contribution in [2.45, 2.75) is 64.6 Å². The first-order valence-corrected chi connectivity index (χ1v) is 9.25. The topological polar surface area (TPSA) is 25.2 Å². The van der Waals surface area contributed by atoms with Crippen molar-refractivity contribution in [3.8, 4) is 0 Å². The Morgan fingerprint density at radius 2 is 1.92 bits per heavy atom. The summed E-state index contributed by atoms with van der Waals surface area (Å²) in [5.74, 6) is 0.332. The minimum absolute atomic E-state index is 0.332. The van der Waals surface area contributed by atoms with Gasteiger partial charge in [0.25, 0.3) is 0 Å². The number of carbonyl (C=O) groups excluding carboxylic acids is 1. The van der Waals surface area contributed by atoms with Gasteiger partial charge in [-0.3, -0.25) is 4.79 Å². The van der Waals surface area contributed by atoms with Crippen molar-refractivity contribution < 1.29 is 4.79 Å². The first-order valence-electron chi connectivity index (χ1n) is 9.25. The fraction of sp³-hybridized carbons (Fsp3) is 0.476. The van der Waals surface area contributed by atoms with Crippen molar-refractivity contribution in [1.29, 1.82) is 0 Å². The van der Waals surface area contributed by atoms with E-state index in [-0.39, 0.29) is 0 Å². The van der Waals surface area contributed by atoms with E-state index in [0.29, 0.717) is 18.4 Å². The molecule has 0 spiro atoms. The Labute approximate surface area is 145 Å². The van der Waals surface area contributed by atoms with Crippen molar-refractivity contribution in [1.82, 2.24) is 9.47 Å². The first kappa shape index (κ1) is 16.8. The molecule has 0 saturated heterocycles. The van der Waals surface area contributed by atoms with Gasteiger partial charge in [0.1, 0.15) is 0 Å².